The summed E-state index contributed by atoms with van der Waals surface area (Å²) in [7, 11) is 0. The molecule has 0 amide bonds. The van der Waals surface area contributed by atoms with Gasteiger partial charge in [0.2, 0.25) is 0 Å². The van der Waals surface area contributed by atoms with Crippen LogP contribution in [0.3, 0.4) is 0 Å². The summed E-state index contributed by atoms with van der Waals surface area (Å²) < 4.78 is 36.2. The van der Waals surface area contributed by atoms with Crippen molar-refractivity contribution >= 4 is 0 Å². The van der Waals surface area contributed by atoms with Gasteiger partial charge in [-0.1, -0.05) is 11.8 Å². The van der Waals surface area contributed by atoms with E-state index < -0.39 is 11.7 Å². The number of benzene rings is 1. The van der Waals surface area contributed by atoms with Crippen molar-refractivity contribution < 1.29 is 13.2 Å². The summed E-state index contributed by atoms with van der Waals surface area (Å²) in [4.78, 5) is 0. The molecular formula is C10H6F3. The maximum Gasteiger partial charge on any atom is 0.416 e. The van der Waals surface area contributed by atoms with Crippen molar-refractivity contribution in [2.45, 2.75) is 6.18 Å². The smallest absolute Gasteiger partial charge is 0.166 e. The number of alkyl halides is 3. The molecule has 0 saturated heterocycles. The molecule has 1 rings (SSSR count). The van der Waals surface area contributed by atoms with Gasteiger partial charge in [0, 0.05) is 12.5 Å². The first-order chi connectivity index (χ1) is 6.04. The van der Waals surface area contributed by atoms with E-state index in [9.17, 15) is 13.2 Å². The molecule has 0 nitrogen and oxygen atoms in total. The summed E-state index contributed by atoms with van der Waals surface area (Å²) in [5, 5.41) is 0. The van der Waals surface area contributed by atoms with E-state index in [0.717, 1.165) is 12.1 Å². The third-order valence-corrected chi connectivity index (χ3v) is 1.44. The average Bonchev–Trinajstić information content (AvgIpc) is 2.04. The van der Waals surface area contributed by atoms with Gasteiger partial charge in [-0.15, -0.1) is 0 Å². The molecule has 67 valence electrons. The van der Waals surface area contributed by atoms with Crippen LogP contribution in [0.25, 0.3) is 0 Å². The molecule has 0 aliphatic carbocycles. The predicted octanol–water partition coefficient (Wildman–Crippen LogP) is 2.89. The summed E-state index contributed by atoms with van der Waals surface area (Å²) in [6.07, 6.45) is -4.28. The summed E-state index contributed by atoms with van der Waals surface area (Å²) in [5.41, 5.74) is -0.134. The lowest BCUT2D eigenvalue weighted by Crippen LogP contribution is -2.03. The largest absolute Gasteiger partial charge is 0.416 e. The van der Waals surface area contributed by atoms with E-state index >= 15 is 0 Å². The lowest BCUT2D eigenvalue weighted by atomic mass is 10.1. The van der Waals surface area contributed by atoms with Crippen molar-refractivity contribution in [1.82, 2.24) is 0 Å². The van der Waals surface area contributed by atoms with Gasteiger partial charge in [-0.25, -0.2) is 0 Å². The van der Waals surface area contributed by atoms with Gasteiger partial charge in [0.05, 0.1) is 5.56 Å². The fourth-order valence-corrected chi connectivity index (χ4v) is 0.845. The minimum atomic E-state index is -4.28. The molecule has 0 aliphatic heterocycles. The Balaban J connectivity index is 2.98. The van der Waals surface area contributed by atoms with Crippen LogP contribution >= 0.6 is 0 Å². The van der Waals surface area contributed by atoms with E-state index in [4.69, 9.17) is 0 Å². The molecule has 3 heteroatoms. The Hall–Kier alpha value is -1.43. The Morgan fingerprint density at radius 2 is 1.62 bits per heavy atom. The molecule has 0 fully saturated rings. The highest BCUT2D eigenvalue weighted by atomic mass is 19.4. The van der Waals surface area contributed by atoms with Crippen LogP contribution in [-0.2, 0) is 6.18 Å². The van der Waals surface area contributed by atoms with Crippen molar-refractivity contribution in [2.24, 2.45) is 0 Å². The van der Waals surface area contributed by atoms with Gasteiger partial charge in [0.25, 0.3) is 0 Å². The molecule has 0 heterocycles. The maximum atomic E-state index is 12.1. The van der Waals surface area contributed by atoms with E-state index in [1.807, 2.05) is 0 Å². The summed E-state index contributed by atoms with van der Waals surface area (Å²) >= 11 is 0. The molecule has 1 aromatic rings. The third-order valence-electron chi connectivity index (χ3n) is 1.44. The average molecular weight is 183 g/mol. The molecule has 0 unspecified atom stereocenters. The summed E-state index contributed by atoms with van der Waals surface area (Å²) in [6.45, 7) is 3.27. The zero-order valence-electron chi connectivity index (χ0n) is 6.65. The normalized spacial score (nSPS) is 10.5. The maximum absolute atomic E-state index is 12.1. The second-order valence-corrected chi connectivity index (χ2v) is 2.38. The van der Waals surface area contributed by atoms with Crippen LogP contribution in [0.5, 0.6) is 0 Å². The minimum Gasteiger partial charge on any atom is -0.166 e. The predicted molar refractivity (Wildman–Crippen MR) is 43.7 cm³/mol. The van der Waals surface area contributed by atoms with Gasteiger partial charge < -0.3 is 0 Å². The van der Waals surface area contributed by atoms with Crippen LogP contribution in [-0.4, -0.2) is 0 Å². The van der Waals surface area contributed by atoms with Gasteiger partial charge in [-0.05, 0) is 24.3 Å². The number of rotatable bonds is 0. The first-order valence-electron chi connectivity index (χ1n) is 3.49. The molecular weight excluding hydrogens is 177 g/mol. The van der Waals surface area contributed by atoms with Gasteiger partial charge in [-0.2, -0.15) is 13.2 Å². The van der Waals surface area contributed by atoms with Gasteiger partial charge in [0.1, 0.15) is 0 Å². The molecule has 13 heavy (non-hydrogen) atoms. The van der Waals surface area contributed by atoms with Crippen LogP contribution in [0.2, 0.25) is 0 Å². The fourth-order valence-electron chi connectivity index (χ4n) is 0.845. The molecule has 0 atom stereocenters. The molecule has 0 bridgehead atoms. The zero-order chi connectivity index (χ0) is 9.90. The quantitative estimate of drug-likeness (QED) is 0.542. The minimum absolute atomic E-state index is 0.531. The van der Waals surface area contributed by atoms with Crippen LogP contribution in [0.4, 0.5) is 13.2 Å². The van der Waals surface area contributed by atoms with Crippen molar-refractivity contribution in [3.63, 3.8) is 0 Å². The van der Waals surface area contributed by atoms with E-state index in [0.29, 0.717) is 5.56 Å². The topological polar surface area (TPSA) is 0 Å². The summed E-state index contributed by atoms with van der Waals surface area (Å²) in [6, 6.07) is 4.64. The molecule has 0 saturated carbocycles. The van der Waals surface area contributed by atoms with Crippen molar-refractivity contribution in [3.8, 4) is 11.8 Å². The third kappa shape index (κ3) is 2.51. The highest BCUT2D eigenvalue weighted by Crippen LogP contribution is 2.28. The Labute approximate surface area is 74.4 Å². The first kappa shape index (κ1) is 9.66. The first-order valence-corrected chi connectivity index (χ1v) is 3.49. The van der Waals surface area contributed by atoms with Crippen LogP contribution < -0.4 is 0 Å². The standard InChI is InChI=1S/C10H6F3/c1-2-3-8-4-6-9(7-5-8)10(11,12)13/h4-7H,1H2. The highest BCUT2D eigenvalue weighted by molar-refractivity contribution is 5.37. The second kappa shape index (κ2) is 3.53. The second-order valence-electron chi connectivity index (χ2n) is 2.38. The Kier molecular flexibility index (Phi) is 2.62. The SMILES string of the molecule is [CH2]C#Cc1ccc(C(F)(F)F)cc1. The van der Waals surface area contributed by atoms with Crippen LogP contribution in [0.15, 0.2) is 24.3 Å². The highest BCUT2D eigenvalue weighted by Gasteiger charge is 2.29. The van der Waals surface area contributed by atoms with Crippen molar-refractivity contribution in [2.75, 3.05) is 0 Å². The molecule has 0 spiro atoms. The molecule has 1 aromatic carbocycles. The number of hydrogen-bond donors (Lipinski definition) is 0. The van der Waals surface area contributed by atoms with Crippen molar-refractivity contribution in [1.29, 1.82) is 0 Å². The number of halogens is 3. The van der Waals surface area contributed by atoms with Crippen LogP contribution in [0, 0.1) is 18.8 Å². The lowest BCUT2D eigenvalue weighted by molar-refractivity contribution is -0.137. The Morgan fingerprint density at radius 3 is 2.00 bits per heavy atom. The van der Waals surface area contributed by atoms with Crippen molar-refractivity contribution in [3.05, 3.63) is 42.3 Å². The van der Waals surface area contributed by atoms with Crippen LogP contribution in [0.1, 0.15) is 11.1 Å². The Bertz CT molecular complexity index is 335. The lowest BCUT2D eigenvalue weighted by Gasteiger charge is -2.05. The van der Waals surface area contributed by atoms with E-state index in [-0.39, 0.29) is 0 Å². The van der Waals surface area contributed by atoms with E-state index in [1.54, 1.807) is 0 Å². The van der Waals surface area contributed by atoms with Gasteiger partial charge >= 0.3 is 6.18 Å². The van der Waals surface area contributed by atoms with E-state index in [1.165, 1.54) is 12.1 Å². The molecule has 0 aromatic heterocycles. The molecule has 0 N–H and O–H groups in total. The number of hydrogen-bond acceptors (Lipinski definition) is 0. The van der Waals surface area contributed by atoms with E-state index in [2.05, 4.69) is 18.8 Å². The molecule has 0 aliphatic rings. The van der Waals surface area contributed by atoms with Gasteiger partial charge in [0.15, 0.2) is 0 Å². The fraction of sp³-hybridized carbons (Fsp3) is 0.100. The zero-order valence-corrected chi connectivity index (χ0v) is 6.65. The Morgan fingerprint density at radius 1 is 1.08 bits per heavy atom. The summed E-state index contributed by atoms with van der Waals surface area (Å²) in [5.74, 6) is 4.92. The van der Waals surface area contributed by atoms with Gasteiger partial charge in [-0.3, -0.25) is 0 Å². The monoisotopic (exact) mass is 183 g/mol. The molecule has 1 radical (unpaired) electrons.